The average Bonchev–Trinajstić information content (AvgIpc) is 3.03. The summed E-state index contributed by atoms with van der Waals surface area (Å²) in [5.74, 6) is -0.424. The Balaban J connectivity index is 2.03. The van der Waals surface area contributed by atoms with Crippen molar-refractivity contribution in [2.24, 2.45) is 16.5 Å². The van der Waals surface area contributed by atoms with Crippen molar-refractivity contribution in [3.63, 3.8) is 0 Å². The molecular weight excluding hydrogens is 469 g/mol. The van der Waals surface area contributed by atoms with E-state index in [9.17, 15) is 14.0 Å². The molecule has 2 amide bonds. The first-order valence-electron chi connectivity index (χ1n) is 12.3. The maximum atomic E-state index is 13.6. The third-order valence-electron chi connectivity index (χ3n) is 6.91. The van der Waals surface area contributed by atoms with Gasteiger partial charge < -0.3 is 22.1 Å². The highest BCUT2D eigenvalue weighted by molar-refractivity contribution is 6.00. The number of hydrogen-bond donors (Lipinski definition) is 4. The Morgan fingerprint density at radius 3 is 1.84 bits per heavy atom. The molecule has 0 saturated heterocycles. The summed E-state index contributed by atoms with van der Waals surface area (Å²) in [6, 6.07) is 16.8. The van der Waals surface area contributed by atoms with E-state index in [-0.39, 0.29) is 23.7 Å². The van der Waals surface area contributed by atoms with Gasteiger partial charge in [0.25, 0.3) is 11.8 Å². The van der Waals surface area contributed by atoms with Crippen LogP contribution in [0.15, 0.2) is 65.7 Å². The van der Waals surface area contributed by atoms with Crippen molar-refractivity contribution in [3.8, 4) is 0 Å². The Morgan fingerprint density at radius 1 is 0.919 bits per heavy atom. The molecule has 6 N–H and O–H groups in total. The van der Waals surface area contributed by atoms with E-state index in [4.69, 9.17) is 16.5 Å². The minimum Gasteiger partial charge on any atom is -0.386 e. The van der Waals surface area contributed by atoms with Gasteiger partial charge in [-0.3, -0.25) is 9.59 Å². The van der Waals surface area contributed by atoms with Gasteiger partial charge in [-0.1, -0.05) is 12.1 Å². The van der Waals surface area contributed by atoms with Crippen LogP contribution in [-0.2, 0) is 18.3 Å². The van der Waals surface area contributed by atoms with Gasteiger partial charge >= 0.3 is 0 Å². The molecule has 0 heterocycles. The largest absolute Gasteiger partial charge is 0.386 e. The lowest BCUT2D eigenvalue weighted by molar-refractivity contribution is 0.0955. The minimum atomic E-state index is -0.938. The van der Waals surface area contributed by atoms with Gasteiger partial charge in [-0.05, 0) is 97.0 Å². The number of benzene rings is 3. The number of rotatable bonds is 6. The third-order valence-corrected chi connectivity index (χ3v) is 6.91. The molecule has 1 atom stereocenters. The fraction of sp³-hybridized carbons (Fsp3) is 0.276. The number of nitrogens with two attached hydrogens (primary N) is 2. The summed E-state index contributed by atoms with van der Waals surface area (Å²) in [5.41, 5.74) is 17.7. The molecule has 0 fully saturated rings. The topological polar surface area (TPSA) is 123 Å². The normalized spacial score (nSPS) is 15.1. The summed E-state index contributed by atoms with van der Waals surface area (Å²) >= 11 is 0. The Hall–Kier alpha value is -4.04. The second-order valence-corrected chi connectivity index (χ2v) is 9.46. The van der Waals surface area contributed by atoms with Crippen LogP contribution in [0.25, 0.3) is 0 Å². The van der Waals surface area contributed by atoms with E-state index in [2.05, 4.69) is 10.6 Å². The number of amidine groups is 1. The van der Waals surface area contributed by atoms with Crippen LogP contribution < -0.4 is 22.1 Å². The molecule has 4 rings (SSSR count). The molecule has 192 valence electrons. The molecule has 0 aromatic heterocycles. The highest BCUT2D eigenvalue weighted by Crippen LogP contribution is 2.44. The van der Waals surface area contributed by atoms with E-state index in [1.807, 2.05) is 31.2 Å². The number of carbonyl (C=O) groups excluding carboxylic acids is 2. The van der Waals surface area contributed by atoms with Crippen molar-refractivity contribution in [3.05, 3.63) is 99.9 Å². The van der Waals surface area contributed by atoms with Crippen molar-refractivity contribution in [1.29, 1.82) is 0 Å². The second kappa shape index (κ2) is 10.5. The summed E-state index contributed by atoms with van der Waals surface area (Å²) in [7, 11) is 3.19. The molecule has 3 aromatic rings. The molecule has 3 aromatic carbocycles. The number of nitrogens with one attached hydrogen (secondary N) is 2. The molecule has 1 aliphatic rings. The number of hydrogen-bond acceptors (Lipinski definition) is 4. The molecular formula is C29H32FN5O2. The zero-order valence-corrected chi connectivity index (χ0v) is 21.3. The van der Waals surface area contributed by atoms with E-state index in [0.29, 0.717) is 41.9 Å². The van der Waals surface area contributed by atoms with Gasteiger partial charge in [-0.15, -0.1) is 0 Å². The van der Waals surface area contributed by atoms with Gasteiger partial charge in [0.15, 0.2) is 0 Å². The number of nitrogens with zero attached hydrogens (tertiary/aromatic N) is 1. The molecule has 0 aliphatic heterocycles. The molecule has 1 aliphatic carbocycles. The molecule has 8 heteroatoms. The van der Waals surface area contributed by atoms with E-state index in [0.717, 1.165) is 22.3 Å². The summed E-state index contributed by atoms with van der Waals surface area (Å²) in [6.07, 6.45) is 1.70. The van der Waals surface area contributed by atoms with Gasteiger partial charge in [0, 0.05) is 31.3 Å². The summed E-state index contributed by atoms with van der Waals surface area (Å²) in [6.45, 7) is 1.91. The number of aryl methyl sites for hydroxylation is 2. The van der Waals surface area contributed by atoms with Gasteiger partial charge in [-0.2, -0.15) is 0 Å². The maximum absolute atomic E-state index is 13.6. The van der Waals surface area contributed by atoms with Crippen LogP contribution >= 0.6 is 0 Å². The fourth-order valence-electron chi connectivity index (χ4n) is 5.25. The Morgan fingerprint density at radius 2 is 1.41 bits per heavy atom. The maximum Gasteiger partial charge on any atom is 0.251 e. The van der Waals surface area contributed by atoms with Crippen LogP contribution in [0.3, 0.4) is 0 Å². The van der Waals surface area contributed by atoms with Crippen LogP contribution in [0.1, 0.15) is 56.3 Å². The molecule has 0 spiro atoms. The van der Waals surface area contributed by atoms with Crippen molar-refractivity contribution >= 4 is 23.3 Å². The zero-order chi connectivity index (χ0) is 26.7. The van der Waals surface area contributed by atoms with E-state index in [1.165, 1.54) is 12.1 Å². The Bertz CT molecular complexity index is 1300. The van der Waals surface area contributed by atoms with E-state index < -0.39 is 5.41 Å². The van der Waals surface area contributed by atoms with Gasteiger partial charge in [-0.25, -0.2) is 9.38 Å². The Labute approximate surface area is 216 Å². The minimum absolute atomic E-state index is 0.183. The smallest absolute Gasteiger partial charge is 0.251 e. The highest BCUT2D eigenvalue weighted by Gasteiger charge is 2.44. The monoisotopic (exact) mass is 501 g/mol. The number of halogens is 1. The quantitative estimate of drug-likeness (QED) is 0.306. The summed E-state index contributed by atoms with van der Waals surface area (Å²) in [5, 5.41) is 5.36. The first kappa shape index (κ1) is 26.0. The first-order valence-corrected chi connectivity index (χ1v) is 12.3. The summed E-state index contributed by atoms with van der Waals surface area (Å²) in [4.78, 5) is 29.6. The number of amides is 2. The number of fused-ring (bicyclic) bond motifs is 2. The fourth-order valence-corrected chi connectivity index (χ4v) is 5.25. The van der Waals surface area contributed by atoms with Gasteiger partial charge in [0.1, 0.15) is 11.7 Å². The zero-order valence-electron chi connectivity index (χ0n) is 21.3. The van der Waals surface area contributed by atoms with Crippen molar-refractivity contribution in [2.75, 3.05) is 14.1 Å². The van der Waals surface area contributed by atoms with E-state index >= 15 is 0 Å². The van der Waals surface area contributed by atoms with Gasteiger partial charge in [0.05, 0.1) is 11.1 Å². The first-order chi connectivity index (χ1) is 17.7. The predicted molar refractivity (Wildman–Crippen MR) is 144 cm³/mol. The van der Waals surface area contributed by atoms with Crippen molar-refractivity contribution in [1.82, 2.24) is 10.6 Å². The van der Waals surface area contributed by atoms with Crippen LogP contribution in [0, 0.1) is 5.82 Å². The molecule has 0 radical (unpaired) electrons. The molecule has 37 heavy (non-hydrogen) atoms. The molecule has 0 bridgehead atoms. The van der Waals surface area contributed by atoms with E-state index in [1.54, 1.807) is 38.4 Å². The second-order valence-electron chi connectivity index (χ2n) is 9.46. The van der Waals surface area contributed by atoms with Crippen LogP contribution in [-0.4, -0.2) is 37.8 Å². The lowest BCUT2D eigenvalue weighted by Crippen LogP contribution is -2.46. The average molecular weight is 502 g/mol. The third kappa shape index (κ3) is 4.97. The van der Waals surface area contributed by atoms with Crippen LogP contribution in [0.5, 0.6) is 0 Å². The standard InChI is InChI=1S/C29H32FN5O2/c1-17(31)16-29(28(32)35-23-10-8-22(30)9-11-23)24-12-6-20(26(36)33-2)14-18(24)4-5-19-15-21(27(37)34-3)7-13-25(19)29/h6-15,17H,4-5,16,31H2,1-3H3,(H2,32,35)(H,33,36)(H,34,37)/t17-/m0/s1. The Kier molecular flexibility index (Phi) is 7.40. The van der Waals surface area contributed by atoms with Crippen molar-refractivity contribution < 1.29 is 14.0 Å². The molecule has 0 saturated carbocycles. The summed E-state index contributed by atoms with van der Waals surface area (Å²) < 4.78 is 13.6. The van der Waals surface area contributed by atoms with Crippen LogP contribution in [0.2, 0.25) is 0 Å². The van der Waals surface area contributed by atoms with Crippen LogP contribution in [0.4, 0.5) is 10.1 Å². The highest BCUT2D eigenvalue weighted by atomic mass is 19.1. The number of carbonyl (C=O) groups is 2. The molecule has 7 nitrogen and oxygen atoms in total. The predicted octanol–water partition coefficient (Wildman–Crippen LogP) is 3.36. The van der Waals surface area contributed by atoms with Gasteiger partial charge in [0.2, 0.25) is 0 Å². The lowest BCUT2D eigenvalue weighted by Gasteiger charge is -2.37. The van der Waals surface area contributed by atoms with Crippen molar-refractivity contribution in [2.45, 2.75) is 37.6 Å². The SMILES string of the molecule is CNC(=O)c1ccc2c(c1)CCc1cc(C(=O)NC)ccc1C2(C[C@H](C)N)C(N)=Nc1ccc(F)cc1. The number of aliphatic imine (C=N–C) groups is 1. The molecule has 0 unspecified atom stereocenters. The lowest BCUT2D eigenvalue weighted by atomic mass is 9.67.